The van der Waals surface area contributed by atoms with Gasteiger partial charge in [0.25, 0.3) is 0 Å². The molecular formula is C73H58IrN4O2-2. The summed E-state index contributed by atoms with van der Waals surface area (Å²) in [6.45, 7) is 9.09. The molecule has 1 radical (unpaired) electrons. The average molecular weight is 1220 g/mol. The summed E-state index contributed by atoms with van der Waals surface area (Å²) < 4.78 is 9.42. The van der Waals surface area contributed by atoms with Crippen LogP contribution in [0.4, 0.5) is 0 Å². The molecule has 1 N–H and O–H groups in total. The summed E-state index contributed by atoms with van der Waals surface area (Å²) in [6, 6.07) is 87.7. The van der Waals surface area contributed by atoms with Gasteiger partial charge in [-0.15, -0.1) is 53.6 Å². The van der Waals surface area contributed by atoms with E-state index < -0.39 is 5.60 Å². The molecule has 0 aliphatic rings. The molecular weight excluding hydrogens is 1160 g/mol. The topological polar surface area (TPSA) is 77.0 Å². The molecule has 0 aliphatic carbocycles. The van der Waals surface area contributed by atoms with E-state index in [2.05, 4.69) is 183 Å². The summed E-state index contributed by atoms with van der Waals surface area (Å²) in [6.07, 6.45) is 3.72. The SMILES string of the molecule is CC(C)c1cc(-c2ccccc2)cc(C(C)C)c1-n1c(-c2[c-]c(CC(O)(c3ccc(-c4ccccc4)cc3)c3ccccn3)cc3c2oc2cc(-c4ccccc4)ccc23)nc2ccccc21.[Ir].[c-]1ccccc1-c1ccccn1. The normalized spacial score (nSPS) is 12.1. The predicted octanol–water partition coefficient (Wildman–Crippen LogP) is 18.1. The second-order valence-electron chi connectivity index (χ2n) is 20.7. The number of benzene rings is 9. The van der Waals surface area contributed by atoms with E-state index in [4.69, 9.17) is 14.4 Å². The maximum absolute atomic E-state index is 13.3. The molecule has 0 spiro atoms. The molecule has 4 aromatic heterocycles. The number of hydrogen-bond donors (Lipinski definition) is 1. The molecule has 393 valence electrons. The Balaban J connectivity index is 0.000000459. The third-order valence-electron chi connectivity index (χ3n) is 14.8. The molecule has 13 aromatic rings. The first-order valence-corrected chi connectivity index (χ1v) is 27.1. The van der Waals surface area contributed by atoms with Crippen molar-refractivity contribution in [3.05, 3.63) is 289 Å². The maximum Gasteiger partial charge on any atom is 0.134 e. The van der Waals surface area contributed by atoms with Gasteiger partial charge in [-0.05, 0) is 123 Å². The summed E-state index contributed by atoms with van der Waals surface area (Å²) in [4.78, 5) is 14.5. The summed E-state index contributed by atoms with van der Waals surface area (Å²) in [5.41, 5.74) is 16.9. The Kier molecular flexibility index (Phi) is 15.4. The molecule has 6 nitrogen and oxygen atoms in total. The van der Waals surface area contributed by atoms with E-state index in [1.165, 1.54) is 22.3 Å². The molecule has 0 saturated carbocycles. The number of aliphatic hydroxyl groups is 1. The number of hydrogen-bond acceptors (Lipinski definition) is 5. The fourth-order valence-electron chi connectivity index (χ4n) is 10.8. The van der Waals surface area contributed by atoms with Crippen LogP contribution in [-0.4, -0.2) is 24.6 Å². The summed E-state index contributed by atoms with van der Waals surface area (Å²) >= 11 is 0. The van der Waals surface area contributed by atoms with Gasteiger partial charge in [-0.2, -0.15) is 0 Å². The van der Waals surface area contributed by atoms with Gasteiger partial charge in [0.15, 0.2) is 0 Å². The third-order valence-corrected chi connectivity index (χ3v) is 14.8. The van der Waals surface area contributed by atoms with Crippen LogP contribution in [0.3, 0.4) is 0 Å². The molecule has 9 aromatic carbocycles. The molecule has 0 aliphatic heterocycles. The number of fused-ring (bicyclic) bond motifs is 4. The van der Waals surface area contributed by atoms with Gasteiger partial charge in [0.2, 0.25) is 0 Å². The summed E-state index contributed by atoms with van der Waals surface area (Å²) in [7, 11) is 0. The van der Waals surface area contributed by atoms with Gasteiger partial charge in [-0.25, -0.2) is 0 Å². The monoisotopic (exact) mass is 1220 g/mol. The van der Waals surface area contributed by atoms with Crippen molar-refractivity contribution in [3.63, 3.8) is 0 Å². The van der Waals surface area contributed by atoms with Crippen molar-refractivity contribution in [1.29, 1.82) is 0 Å². The molecule has 13 rings (SSSR count). The minimum absolute atomic E-state index is 0. The van der Waals surface area contributed by atoms with Crippen LogP contribution in [0.15, 0.2) is 253 Å². The first-order valence-electron chi connectivity index (χ1n) is 27.1. The summed E-state index contributed by atoms with van der Waals surface area (Å²) in [5, 5.41) is 15.2. The first kappa shape index (κ1) is 53.2. The van der Waals surface area contributed by atoms with Gasteiger partial charge >= 0.3 is 0 Å². The minimum atomic E-state index is -1.51. The van der Waals surface area contributed by atoms with E-state index in [0.717, 1.165) is 89.1 Å². The molecule has 1 unspecified atom stereocenters. The van der Waals surface area contributed by atoms with Crippen molar-refractivity contribution in [3.8, 4) is 61.7 Å². The minimum Gasteiger partial charge on any atom is -0.501 e. The fourth-order valence-corrected chi connectivity index (χ4v) is 10.8. The van der Waals surface area contributed by atoms with Crippen LogP contribution in [0.25, 0.3) is 94.7 Å². The molecule has 7 heteroatoms. The van der Waals surface area contributed by atoms with E-state index >= 15 is 0 Å². The standard InChI is InChI=1S/C62H50N3O2.C11H8N.Ir/c1-40(2)51-36-48(45-22-12-7-13-23-45)37-52(41(3)4)59(51)65-56-25-15-14-24-55(56)64-61(65)54-35-42(34-53-50-32-29-47(38-57(50)67-60(53)54)44-20-10-6-11-21-44)39-62(66,58-26-16-17-33-63-58)49-30-27-46(28-31-49)43-18-8-5-9-19-43;1-2-6-10(7-3-1)11-8-4-5-9-12-11;/h5-34,36-38,40-41,66H,39H2,1-4H3;1-6,8-9H;/q2*-1;. The van der Waals surface area contributed by atoms with Crippen LogP contribution in [0.5, 0.6) is 0 Å². The fraction of sp³-hybridized carbons (Fsp3) is 0.110. The van der Waals surface area contributed by atoms with Gasteiger partial charge in [0.1, 0.15) is 11.2 Å². The molecule has 0 bridgehead atoms. The number of pyridine rings is 2. The number of imidazole rings is 1. The second kappa shape index (κ2) is 23.2. The Morgan fingerprint density at radius 3 is 1.73 bits per heavy atom. The van der Waals surface area contributed by atoms with Crippen molar-refractivity contribution >= 4 is 33.0 Å². The smallest absolute Gasteiger partial charge is 0.134 e. The Bertz CT molecular complexity index is 4140. The molecule has 0 saturated heterocycles. The molecule has 0 amide bonds. The molecule has 80 heavy (non-hydrogen) atoms. The second-order valence-corrected chi connectivity index (χ2v) is 20.7. The zero-order chi connectivity index (χ0) is 53.9. The average Bonchev–Trinajstić information content (AvgIpc) is 4.10. The predicted molar refractivity (Wildman–Crippen MR) is 323 cm³/mol. The zero-order valence-electron chi connectivity index (χ0n) is 45.0. The number of aromatic nitrogens is 4. The van der Waals surface area contributed by atoms with Crippen LogP contribution in [0.1, 0.15) is 67.5 Å². The van der Waals surface area contributed by atoms with Gasteiger partial charge < -0.3 is 19.1 Å². The third kappa shape index (κ3) is 10.6. The van der Waals surface area contributed by atoms with Crippen molar-refractivity contribution < 1.29 is 29.6 Å². The van der Waals surface area contributed by atoms with Gasteiger partial charge in [0, 0.05) is 43.6 Å². The quantitative estimate of drug-likeness (QED) is 0.123. The number of furan rings is 1. The Morgan fingerprint density at radius 2 is 1.11 bits per heavy atom. The Hall–Kier alpha value is -8.84. The Labute approximate surface area is 481 Å². The van der Waals surface area contributed by atoms with Crippen molar-refractivity contribution in [1.82, 2.24) is 19.5 Å². The van der Waals surface area contributed by atoms with Gasteiger partial charge in [0.05, 0.1) is 28.1 Å². The van der Waals surface area contributed by atoms with Gasteiger partial charge in [-0.3, -0.25) is 9.97 Å². The maximum atomic E-state index is 13.3. The first-order chi connectivity index (χ1) is 38.7. The number of para-hydroxylation sites is 2. The van der Waals surface area contributed by atoms with E-state index in [0.29, 0.717) is 11.3 Å². The van der Waals surface area contributed by atoms with Crippen molar-refractivity contribution in [2.24, 2.45) is 0 Å². The van der Waals surface area contributed by atoms with Crippen LogP contribution in [0.2, 0.25) is 0 Å². The molecule has 1 atom stereocenters. The van der Waals surface area contributed by atoms with E-state index in [9.17, 15) is 5.11 Å². The summed E-state index contributed by atoms with van der Waals surface area (Å²) in [5.74, 6) is 1.09. The largest absolute Gasteiger partial charge is 0.501 e. The van der Waals surface area contributed by atoms with Crippen LogP contribution < -0.4 is 0 Å². The van der Waals surface area contributed by atoms with Gasteiger partial charge in [-0.1, -0.05) is 196 Å². The van der Waals surface area contributed by atoms with Crippen molar-refractivity contribution in [2.75, 3.05) is 0 Å². The molecule has 0 fully saturated rings. The van der Waals surface area contributed by atoms with E-state index in [1.54, 1.807) is 12.4 Å². The molecule has 4 heterocycles. The van der Waals surface area contributed by atoms with E-state index in [-0.39, 0.29) is 38.4 Å². The van der Waals surface area contributed by atoms with Crippen LogP contribution in [-0.2, 0) is 32.1 Å². The van der Waals surface area contributed by atoms with Crippen LogP contribution >= 0.6 is 0 Å². The van der Waals surface area contributed by atoms with Crippen molar-refractivity contribution in [2.45, 2.75) is 51.6 Å². The number of nitrogens with zero attached hydrogens (tertiary/aromatic N) is 4. The van der Waals surface area contributed by atoms with E-state index in [1.807, 2.05) is 103 Å². The zero-order valence-corrected chi connectivity index (χ0v) is 47.4. The van der Waals surface area contributed by atoms with Crippen LogP contribution in [0, 0.1) is 12.1 Å². The number of rotatable bonds is 12. The Morgan fingerprint density at radius 1 is 0.537 bits per heavy atom.